The molecule has 0 saturated heterocycles. The molecule has 112 valence electrons. The average molecular weight is 294 g/mol. The van der Waals surface area contributed by atoms with Crippen LogP contribution in [-0.2, 0) is 0 Å². The predicted molar refractivity (Wildman–Crippen MR) is 87.5 cm³/mol. The second kappa shape index (κ2) is 6.43. The first-order valence-corrected chi connectivity index (χ1v) is 7.31. The number of rotatable bonds is 3. The molecule has 0 spiro atoms. The molecule has 1 aromatic carbocycles. The van der Waals surface area contributed by atoms with E-state index in [2.05, 4.69) is 16.1 Å². The van der Waals surface area contributed by atoms with Gasteiger partial charge in [0.15, 0.2) is 0 Å². The van der Waals surface area contributed by atoms with Gasteiger partial charge in [-0.25, -0.2) is 0 Å². The molecule has 0 aliphatic carbocycles. The van der Waals surface area contributed by atoms with E-state index in [1.165, 1.54) is 5.57 Å². The fourth-order valence-electron chi connectivity index (χ4n) is 2.61. The summed E-state index contributed by atoms with van der Waals surface area (Å²) in [6, 6.07) is 9.09. The zero-order valence-corrected chi connectivity index (χ0v) is 12.5. The molecule has 1 aliphatic heterocycles. The van der Waals surface area contributed by atoms with Crippen LogP contribution in [0.1, 0.15) is 24.0 Å². The number of aromatic nitrogens is 1. The Bertz CT molecular complexity index is 721. The van der Waals surface area contributed by atoms with Crippen LogP contribution in [-0.4, -0.2) is 29.5 Å². The van der Waals surface area contributed by atoms with Gasteiger partial charge >= 0.3 is 0 Å². The molecule has 0 radical (unpaired) electrons. The summed E-state index contributed by atoms with van der Waals surface area (Å²) in [4.78, 5) is 8.85. The molecule has 0 bridgehead atoms. The number of pyridine rings is 1. The van der Waals surface area contributed by atoms with Crippen LogP contribution in [0.3, 0.4) is 0 Å². The first-order chi connectivity index (χ1) is 10.8. The minimum atomic E-state index is 0.198. The van der Waals surface area contributed by atoms with Crippen LogP contribution < -0.4 is 4.74 Å². The van der Waals surface area contributed by atoms with Crippen molar-refractivity contribution in [2.45, 2.75) is 12.8 Å². The van der Waals surface area contributed by atoms with Gasteiger partial charge in [0.1, 0.15) is 11.5 Å². The molecule has 0 amide bonds. The maximum absolute atomic E-state index is 9.57. The summed E-state index contributed by atoms with van der Waals surface area (Å²) in [5.41, 5.74) is 4.14. The van der Waals surface area contributed by atoms with Gasteiger partial charge in [-0.2, -0.15) is 0 Å². The van der Waals surface area contributed by atoms with E-state index in [1.807, 2.05) is 24.4 Å². The Kier molecular flexibility index (Phi) is 4.19. The van der Waals surface area contributed by atoms with Crippen LogP contribution in [0.25, 0.3) is 6.08 Å². The first-order valence-electron chi connectivity index (χ1n) is 7.31. The maximum atomic E-state index is 9.57. The highest BCUT2D eigenvalue weighted by molar-refractivity contribution is 6.15. The number of phenolic OH excluding ortho intramolecular Hbond substituents is 1. The van der Waals surface area contributed by atoms with E-state index in [9.17, 15) is 5.11 Å². The van der Waals surface area contributed by atoms with Gasteiger partial charge in [-0.15, -0.1) is 0 Å². The highest BCUT2D eigenvalue weighted by atomic mass is 16.5. The Morgan fingerprint density at radius 2 is 2.18 bits per heavy atom. The number of allylic oxidation sites excluding steroid dienone is 1. The number of hydrogen-bond acceptors (Lipinski definition) is 4. The van der Waals surface area contributed by atoms with E-state index in [1.54, 1.807) is 25.4 Å². The molecule has 0 saturated carbocycles. The Labute approximate surface area is 129 Å². The van der Waals surface area contributed by atoms with Gasteiger partial charge in [-0.05, 0) is 48.8 Å². The van der Waals surface area contributed by atoms with Crippen LogP contribution >= 0.6 is 0 Å². The van der Waals surface area contributed by atoms with Crippen molar-refractivity contribution in [3.8, 4) is 11.5 Å². The number of benzene rings is 1. The van der Waals surface area contributed by atoms with Crippen molar-refractivity contribution in [1.29, 1.82) is 0 Å². The number of aliphatic imine (C=N–C) groups is 1. The van der Waals surface area contributed by atoms with E-state index in [-0.39, 0.29) is 5.75 Å². The number of phenols is 1. The number of nitrogens with zero attached hydrogens (tertiary/aromatic N) is 2. The van der Waals surface area contributed by atoms with E-state index in [0.29, 0.717) is 5.75 Å². The summed E-state index contributed by atoms with van der Waals surface area (Å²) in [6.07, 6.45) is 7.70. The van der Waals surface area contributed by atoms with E-state index < -0.39 is 0 Å². The molecule has 0 atom stereocenters. The summed E-state index contributed by atoms with van der Waals surface area (Å²) in [5.74, 6) is 0.854. The number of methoxy groups -OCH3 is 1. The average Bonchev–Trinajstić information content (AvgIpc) is 2.57. The Hall–Kier alpha value is -2.62. The third-order valence-corrected chi connectivity index (χ3v) is 3.66. The van der Waals surface area contributed by atoms with Crippen molar-refractivity contribution in [3.63, 3.8) is 0 Å². The quantitative estimate of drug-likeness (QED) is 0.943. The molecule has 1 N–H and O–H groups in total. The maximum Gasteiger partial charge on any atom is 0.129 e. The molecular formula is C18H18N2O2. The summed E-state index contributed by atoms with van der Waals surface area (Å²) < 4.78 is 5.35. The minimum absolute atomic E-state index is 0.198. The lowest BCUT2D eigenvalue weighted by Crippen LogP contribution is -2.12. The van der Waals surface area contributed by atoms with Gasteiger partial charge < -0.3 is 9.84 Å². The smallest absolute Gasteiger partial charge is 0.129 e. The Morgan fingerprint density at radius 1 is 1.27 bits per heavy atom. The summed E-state index contributed by atoms with van der Waals surface area (Å²) in [7, 11) is 1.60. The normalized spacial score (nSPS) is 16.4. The highest BCUT2D eigenvalue weighted by Gasteiger charge is 2.15. The number of ether oxygens (including phenoxy) is 1. The molecular weight excluding hydrogens is 276 g/mol. The third-order valence-electron chi connectivity index (χ3n) is 3.66. The third kappa shape index (κ3) is 3.01. The lowest BCUT2D eigenvalue weighted by Gasteiger charge is -2.17. The first kappa shape index (κ1) is 14.3. The molecule has 2 aromatic rings. The minimum Gasteiger partial charge on any atom is -0.508 e. The predicted octanol–water partition coefficient (Wildman–Crippen LogP) is 3.46. The fraction of sp³-hybridized carbons (Fsp3) is 0.222. The zero-order chi connectivity index (χ0) is 15.4. The van der Waals surface area contributed by atoms with E-state index in [0.717, 1.165) is 36.2 Å². The largest absolute Gasteiger partial charge is 0.508 e. The number of aromatic hydroxyl groups is 1. The van der Waals surface area contributed by atoms with Crippen molar-refractivity contribution in [2.24, 2.45) is 4.99 Å². The molecule has 0 fully saturated rings. The van der Waals surface area contributed by atoms with Gasteiger partial charge in [-0.1, -0.05) is 0 Å². The molecule has 1 aromatic heterocycles. The lowest BCUT2D eigenvalue weighted by molar-refractivity contribution is 0.406. The Morgan fingerprint density at radius 3 is 2.95 bits per heavy atom. The molecule has 3 rings (SSSR count). The fourth-order valence-corrected chi connectivity index (χ4v) is 2.61. The second-order valence-corrected chi connectivity index (χ2v) is 5.17. The molecule has 0 unspecified atom stereocenters. The molecule has 1 aliphatic rings. The van der Waals surface area contributed by atoms with Gasteiger partial charge in [0, 0.05) is 36.1 Å². The van der Waals surface area contributed by atoms with Crippen LogP contribution in [0.5, 0.6) is 11.5 Å². The van der Waals surface area contributed by atoms with Crippen molar-refractivity contribution < 1.29 is 9.84 Å². The summed E-state index contributed by atoms with van der Waals surface area (Å²) in [6.45, 7) is 0.842. The van der Waals surface area contributed by atoms with Crippen LogP contribution in [0.2, 0.25) is 0 Å². The van der Waals surface area contributed by atoms with Gasteiger partial charge in [0.05, 0.1) is 12.8 Å². The van der Waals surface area contributed by atoms with Crippen molar-refractivity contribution in [3.05, 3.63) is 59.4 Å². The molecule has 4 nitrogen and oxygen atoms in total. The molecule has 22 heavy (non-hydrogen) atoms. The van der Waals surface area contributed by atoms with Crippen molar-refractivity contribution >= 4 is 11.8 Å². The molecule has 4 heteroatoms. The SMILES string of the molecule is COc1cc(O)ccc1C=C1CCCN=C1c1cccnc1. The highest BCUT2D eigenvalue weighted by Crippen LogP contribution is 2.28. The van der Waals surface area contributed by atoms with Crippen molar-refractivity contribution in [2.75, 3.05) is 13.7 Å². The van der Waals surface area contributed by atoms with Gasteiger partial charge in [0.25, 0.3) is 0 Å². The lowest BCUT2D eigenvalue weighted by atomic mass is 9.94. The topological polar surface area (TPSA) is 54.7 Å². The van der Waals surface area contributed by atoms with Crippen molar-refractivity contribution in [1.82, 2.24) is 4.98 Å². The van der Waals surface area contributed by atoms with Crippen LogP contribution in [0, 0.1) is 0 Å². The van der Waals surface area contributed by atoms with Gasteiger partial charge in [-0.3, -0.25) is 9.98 Å². The van der Waals surface area contributed by atoms with Gasteiger partial charge in [0.2, 0.25) is 0 Å². The Balaban J connectivity index is 2.02. The molecule has 2 heterocycles. The van der Waals surface area contributed by atoms with E-state index >= 15 is 0 Å². The van der Waals surface area contributed by atoms with E-state index in [4.69, 9.17) is 4.74 Å². The standard InChI is InChI=1S/C18H18N2O2/c1-22-17-11-16(21)7-6-13(17)10-14-4-3-9-20-18(14)15-5-2-8-19-12-15/h2,5-8,10-12,21H,3-4,9H2,1H3. The summed E-state index contributed by atoms with van der Waals surface area (Å²) >= 11 is 0. The zero-order valence-electron chi connectivity index (χ0n) is 12.5. The number of hydrogen-bond donors (Lipinski definition) is 1. The van der Waals surface area contributed by atoms with Crippen LogP contribution in [0.4, 0.5) is 0 Å². The second-order valence-electron chi connectivity index (χ2n) is 5.17. The monoisotopic (exact) mass is 294 g/mol. The summed E-state index contributed by atoms with van der Waals surface area (Å²) in [5, 5.41) is 9.57. The van der Waals surface area contributed by atoms with Crippen LogP contribution in [0.15, 0.2) is 53.3 Å².